The molecule has 88 valence electrons. The molecule has 0 saturated carbocycles. The third-order valence-electron chi connectivity index (χ3n) is 2.28. The van der Waals surface area contributed by atoms with Crippen LogP contribution >= 0.6 is 11.6 Å². The van der Waals surface area contributed by atoms with E-state index < -0.39 is 0 Å². The third kappa shape index (κ3) is 3.11. The Morgan fingerprint density at radius 3 is 2.53 bits per heavy atom. The summed E-state index contributed by atoms with van der Waals surface area (Å²) in [6, 6.07) is 11.1. The SMILES string of the molecule is Nc1ccc(Cl)cc1OCc1ccc(F)cc1. The van der Waals surface area contributed by atoms with Crippen molar-refractivity contribution >= 4 is 17.3 Å². The van der Waals surface area contributed by atoms with Gasteiger partial charge in [-0.2, -0.15) is 0 Å². The van der Waals surface area contributed by atoms with Gasteiger partial charge in [0.1, 0.15) is 18.2 Å². The normalized spacial score (nSPS) is 10.2. The number of hydrogen-bond donors (Lipinski definition) is 1. The van der Waals surface area contributed by atoms with Gasteiger partial charge in [-0.3, -0.25) is 0 Å². The van der Waals surface area contributed by atoms with Crippen LogP contribution in [-0.2, 0) is 6.61 Å². The van der Waals surface area contributed by atoms with Crippen LogP contribution in [0, 0.1) is 5.82 Å². The summed E-state index contributed by atoms with van der Waals surface area (Å²) < 4.78 is 18.2. The highest BCUT2D eigenvalue weighted by atomic mass is 35.5. The van der Waals surface area contributed by atoms with Crippen molar-refractivity contribution in [2.75, 3.05) is 5.73 Å². The molecule has 0 spiro atoms. The first-order chi connectivity index (χ1) is 8.15. The average molecular weight is 252 g/mol. The quantitative estimate of drug-likeness (QED) is 0.846. The van der Waals surface area contributed by atoms with Gasteiger partial charge in [-0.15, -0.1) is 0 Å². The Morgan fingerprint density at radius 1 is 1.12 bits per heavy atom. The molecule has 2 rings (SSSR count). The molecule has 0 radical (unpaired) electrons. The molecule has 0 fully saturated rings. The summed E-state index contributed by atoms with van der Waals surface area (Å²) in [4.78, 5) is 0. The molecule has 0 amide bonds. The Balaban J connectivity index is 2.07. The molecule has 0 aliphatic rings. The summed E-state index contributed by atoms with van der Waals surface area (Å²) in [7, 11) is 0. The van der Waals surface area contributed by atoms with Gasteiger partial charge in [-0.1, -0.05) is 23.7 Å². The van der Waals surface area contributed by atoms with Crippen molar-refractivity contribution in [2.24, 2.45) is 0 Å². The minimum absolute atomic E-state index is 0.268. The molecule has 4 heteroatoms. The van der Waals surface area contributed by atoms with E-state index in [1.807, 2.05) is 0 Å². The zero-order chi connectivity index (χ0) is 12.3. The lowest BCUT2D eigenvalue weighted by Crippen LogP contribution is -1.98. The van der Waals surface area contributed by atoms with E-state index in [0.29, 0.717) is 23.1 Å². The van der Waals surface area contributed by atoms with Gasteiger partial charge in [0, 0.05) is 11.1 Å². The standard InChI is InChI=1S/C13H11ClFNO/c14-10-3-6-12(16)13(7-10)17-8-9-1-4-11(15)5-2-9/h1-7H,8,16H2. The van der Waals surface area contributed by atoms with Gasteiger partial charge in [0.2, 0.25) is 0 Å². The predicted octanol–water partition coefficient (Wildman–Crippen LogP) is 3.64. The summed E-state index contributed by atoms with van der Waals surface area (Å²) >= 11 is 5.83. The van der Waals surface area contributed by atoms with Crippen molar-refractivity contribution in [1.29, 1.82) is 0 Å². The van der Waals surface area contributed by atoms with E-state index >= 15 is 0 Å². The molecule has 0 bridgehead atoms. The van der Waals surface area contributed by atoms with Gasteiger partial charge >= 0.3 is 0 Å². The molecular weight excluding hydrogens is 241 g/mol. The van der Waals surface area contributed by atoms with Crippen LogP contribution < -0.4 is 10.5 Å². The number of nitrogen functional groups attached to an aromatic ring is 1. The number of benzene rings is 2. The van der Waals surface area contributed by atoms with E-state index in [-0.39, 0.29) is 5.82 Å². The van der Waals surface area contributed by atoms with Crippen molar-refractivity contribution in [1.82, 2.24) is 0 Å². The van der Waals surface area contributed by atoms with Gasteiger partial charge in [0.05, 0.1) is 5.69 Å². The van der Waals surface area contributed by atoms with Gasteiger partial charge in [-0.25, -0.2) is 4.39 Å². The molecular formula is C13H11ClFNO. The highest BCUT2D eigenvalue weighted by Gasteiger charge is 2.02. The smallest absolute Gasteiger partial charge is 0.144 e. The average Bonchev–Trinajstić information content (AvgIpc) is 2.32. The van der Waals surface area contributed by atoms with E-state index in [1.165, 1.54) is 12.1 Å². The molecule has 2 nitrogen and oxygen atoms in total. The molecule has 0 aliphatic carbocycles. The first-order valence-electron chi connectivity index (χ1n) is 5.07. The maximum atomic E-state index is 12.7. The second-order valence-corrected chi connectivity index (χ2v) is 4.03. The second-order valence-electron chi connectivity index (χ2n) is 3.60. The predicted molar refractivity (Wildman–Crippen MR) is 66.6 cm³/mol. The summed E-state index contributed by atoms with van der Waals surface area (Å²) in [5.74, 6) is 0.262. The zero-order valence-corrected chi connectivity index (χ0v) is 9.75. The van der Waals surface area contributed by atoms with Gasteiger partial charge in [-0.05, 0) is 29.8 Å². The number of halogens is 2. The fourth-order valence-corrected chi connectivity index (χ4v) is 1.54. The van der Waals surface area contributed by atoms with E-state index in [0.717, 1.165) is 5.56 Å². The van der Waals surface area contributed by atoms with Crippen LogP contribution in [0.5, 0.6) is 5.75 Å². The molecule has 0 aliphatic heterocycles. The lowest BCUT2D eigenvalue weighted by Gasteiger charge is -2.09. The maximum absolute atomic E-state index is 12.7. The van der Waals surface area contributed by atoms with Crippen LogP contribution in [0.4, 0.5) is 10.1 Å². The monoisotopic (exact) mass is 251 g/mol. The van der Waals surface area contributed by atoms with Crippen LogP contribution in [0.15, 0.2) is 42.5 Å². The molecule has 0 aromatic heterocycles. The summed E-state index contributed by atoms with van der Waals surface area (Å²) in [5, 5.41) is 0.563. The summed E-state index contributed by atoms with van der Waals surface area (Å²) in [5.41, 5.74) is 7.13. The number of ether oxygens (including phenoxy) is 1. The first-order valence-corrected chi connectivity index (χ1v) is 5.45. The van der Waals surface area contributed by atoms with Crippen LogP contribution in [0.2, 0.25) is 5.02 Å². The number of hydrogen-bond acceptors (Lipinski definition) is 2. The van der Waals surface area contributed by atoms with Crippen LogP contribution in [0.1, 0.15) is 5.56 Å². The molecule has 0 heterocycles. The van der Waals surface area contributed by atoms with E-state index in [9.17, 15) is 4.39 Å². The van der Waals surface area contributed by atoms with Crippen molar-refractivity contribution in [3.8, 4) is 5.75 Å². The molecule has 0 unspecified atom stereocenters. The molecule has 17 heavy (non-hydrogen) atoms. The molecule has 2 aromatic rings. The third-order valence-corrected chi connectivity index (χ3v) is 2.52. The van der Waals surface area contributed by atoms with Crippen molar-refractivity contribution in [3.63, 3.8) is 0 Å². The fourth-order valence-electron chi connectivity index (χ4n) is 1.37. The minimum Gasteiger partial charge on any atom is -0.487 e. The second kappa shape index (κ2) is 5.06. The van der Waals surface area contributed by atoms with Crippen molar-refractivity contribution < 1.29 is 9.13 Å². The zero-order valence-electron chi connectivity index (χ0n) is 8.99. The van der Waals surface area contributed by atoms with E-state index in [4.69, 9.17) is 22.1 Å². The Kier molecular flexibility index (Phi) is 3.49. The lowest BCUT2D eigenvalue weighted by molar-refractivity contribution is 0.308. The van der Waals surface area contributed by atoms with Gasteiger partial charge in [0.25, 0.3) is 0 Å². The van der Waals surface area contributed by atoms with Gasteiger partial charge in [0.15, 0.2) is 0 Å². The minimum atomic E-state index is -0.268. The Morgan fingerprint density at radius 2 is 1.82 bits per heavy atom. The molecule has 2 N–H and O–H groups in total. The maximum Gasteiger partial charge on any atom is 0.144 e. The molecule has 2 aromatic carbocycles. The van der Waals surface area contributed by atoms with Crippen molar-refractivity contribution in [3.05, 3.63) is 58.9 Å². The summed E-state index contributed by atoms with van der Waals surface area (Å²) in [6.07, 6.45) is 0. The largest absolute Gasteiger partial charge is 0.487 e. The molecule has 0 saturated heterocycles. The Labute approximate surface area is 104 Å². The fraction of sp³-hybridized carbons (Fsp3) is 0.0769. The van der Waals surface area contributed by atoms with Crippen LogP contribution in [0.25, 0.3) is 0 Å². The number of nitrogens with two attached hydrogens (primary N) is 1. The first kappa shape index (κ1) is 11.7. The van der Waals surface area contributed by atoms with Crippen molar-refractivity contribution in [2.45, 2.75) is 6.61 Å². The van der Waals surface area contributed by atoms with Gasteiger partial charge < -0.3 is 10.5 Å². The highest BCUT2D eigenvalue weighted by molar-refractivity contribution is 6.30. The Bertz CT molecular complexity index is 513. The highest BCUT2D eigenvalue weighted by Crippen LogP contribution is 2.26. The number of rotatable bonds is 3. The molecule has 0 atom stereocenters. The summed E-state index contributed by atoms with van der Waals surface area (Å²) in [6.45, 7) is 0.324. The van der Waals surface area contributed by atoms with Crippen LogP contribution in [-0.4, -0.2) is 0 Å². The van der Waals surface area contributed by atoms with E-state index in [2.05, 4.69) is 0 Å². The topological polar surface area (TPSA) is 35.2 Å². The number of anilines is 1. The Hall–Kier alpha value is -1.74. The van der Waals surface area contributed by atoms with Crippen LogP contribution in [0.3, 0.4) is 0 Å². The lowest BCUT2D eigenvalue weighted by atomic mass is 10.2. The van der Waals surface area contributed by atoms with E-state index in [1.54, 1.807) is 30.3 Å².